The van der Waals surface area contributed by atoms with E-state index in [0.717, 1.165) is 32.1 Å². The van der Waals surface area contributed by atoms with E-state index in [-0.39, 0.29) is 30.7 Å². The van der Waals surface area contributed by atoms with E-state index >= 15 is 0 Å². The number of halogens is 1. The van der Waals surface area contributed by atoms with Crippen molar-refractivity contribution in [2.75, 3.05) is 6.61 Å². The lowest BCUT2D eigenvalue weighted by atomic mass is 10.1. The number of carbonyl (C=O) groups is 1. The number of aliphatic hydroxyl groups is 1. The molecule has 1 fully saturated rings. The van der Waals surface area contributed by atoms with Crippen molar-refractivity contribution in [3.05, 3.63) is 30.1 Å². The molecule has 1 aliphatic rings. The van der Waals surface area contributed by atoms with E-state index in [0.29, 0.717) is 0 Å². The summed E-state index contributed by atoms with van der Waals surface area (Å²) in [5.74, 6) is -0.450. The van der Waals surface area contributed by atoms with Crippen molar-refractivity contribution in [3.8, 4) is 5.75 Å². The summed E-state index contributed by atoms with van der Waals surface area (Å²) in [5, 5.41) is 12.8. The third-order valence-electron chi connectivity index (χ3n) is 3.75. The fourth-order valence-electron chi connectivity index (χ4n) is 2.55. The van der Waals surface area contributed by atoms with Gasteiger partial charge in [0.25, 0.3) is 0 Å². The number of hydrogen-bond donors (Lipinski definition) is 2. The number of para-hydroxylation sites is 1. The monoisotopic (exact) mass is 295 g/mol. The largest absolute Gasteiger partial charge is 0.490 e. The molecule has 4 nitrogen and oxygen atoms in total. The number of aliphatic hydroxyl groups excluding tert-OH is 1. The number of benzene rings is 1. The van der Waals surface area contributed by atoms with Gasteiger partial charge in [0.05, 0.1) is 25.2 Å². The quantitative estimate of drug-likeness (QED) is 0.820. The summed E-state index contributed by atoms with van der Waals surface area (Å²) < 4.78 is 18.6. The second kappa shape index (κ2) is 7.98. The van der Waals surface area contributed by atoms with E-state index < -0.39 is 11.9 Å². The second-order valence-electron chi connectivity index (χ2n) is 5.41. The van der Waals surface area contributed by atoms with Crippen LogP contribution in [0.5, 0.6) is 5.75 Å². The minimum Gasteiger partial charge on any atom is -0.490 e. The van der Waals surface area contributed by atoms with Crippen LogP contribution in [0.15, 0.2) is 24.3 Å². The Morgan fingerprint density at radius 1 is 1.29 bits per heavy atom. The third kappa shape index (κ3) is 5.01. The lowest BCUT2D eigenvalue weighted by Crippen LogP contribution is -2.43. The summed E-state index contributed by atoms with van der Waals surface area (Å²) >= 11 is 0. The molecule has 2 atom stereocenters. The van der Waals surface area contributed by atoms with Gasteiger partial charge in [-0.05, 0) is 25.0 Å². The molecule has 1 aliphatic carbocycles. The van der Waals surface area contributed by atoms with Gasteiger partial charge in [-0.1, -0.05) is 31.4 Å². The van der Waals surface area contributed by atoms with Crippen molar-refractivity contribution in [2.24, 2.45) is 0 Å². The molecule has 0 heterocycles. The molecule has 1 saturated carbocycles. The Bertz CT molecular complexity index is 467. The highest BCUT2D eigenvalue weighted by molar-refractivity contribution is 5.76. The maximum Gasteiger partial charge on any atom is 0.223 e. The van der Waals surface area contributed by atoms with Crippen LogP contribution in [0.1, 0.15) is 38.5 Å². The molecule has 116 valence electrons. The second-order valence-corrected chi connectivity index (χ2v) is 5.41. The first kappa shape index (κ1) is 15.8. The molecule has 0 spiro atoms. The maximum atomic E-state index is 13.3. The van der Waals surface area contributed by atoms with Gasteiger partial charge in [-0.2, -0.15) is 0 Å². The first-order valence-corrected chi connectivity index (χ1v) is 7.51. The van der Waals surface area contributed by atoms with E-state index in [4.69, 9.17) is 4.74 Å². The minimum atomic E-state index is -0.469. The summed E-state index contributed by atoms with van der Waals surface area (Å²) in [7, 11) is 0. The molecular formula is C16H22FNO3. The van der Waals surface area contributed by atoms with Crippen molar-refractivity contribution in [1.29, 1.82) is 0 Å². The molecule has 1 aromatic rings. The SMILES string of the molecule is O=C(CCOc1ccccc1F)NC1CCCCCC1O. The van der Waals surface area contributed by atoms with Gasteiger partial charge in [0.2, 0.25) is 5.91 Å². The van der Waals surface area contributed by atoms with Gasteiger partial charge in [0.1, 0.15) is 0 Å². The highest BCUT2D eigenvalue weighted by atomic mass is 19.1. The van der Waals surface area contributed by atoms with Crippen LogP contribution in [0.25, 0.3) is 0 Å². The van der Waals surface area contributed by atoms with Crippen LogP contribution >= 0.6 is 0 Å². The number of carbonyl (C=O) groups excluding carboxylic acids is 1. The minimum absolute atomic E-state index is 0.121. The molecule has 2 rings (SSSR count). The van der Waals surface area contributed by atoms with E-state index in [1.54, 1.807) is 12.1 Å². The van der Waals surface area contributed by atoms with Crippen molar-refractivity contribution < 1.29 is 19.0 Å². The van der Waals surface area contributed by atoms with Gasteiger partial charge in [-0.3, -0.25) is 4.79 Å². The van der Waals surface area contributed by atoms with Crippen LogP contribution in [-0.2, 0) is 4.79 Å². The molecule has 21 heavy (non-hydrogen) atoms. The van der Waals surface area contributed by atoms with E-state index in [1.165, 1.54) is 12.1 Å². The zero-order valence-corrected chi connectivity index (χ0v) is 12.1. The number of nitrogens with one attached hydrogen (secondary N) is 1. The van der Waals surface area contributed by atoms with Crippen LogP contribution in [0.4, 0.5) is 4.39 Å². The topological polar surface area (TPSA) is 58.6 Å². The first-order chi connectivity index (χ1) is 10.2. The van der Waals surface area contributed by atoms with Gasteiger partial charge >= 0.3 is 0 Å². The van der Waals surface area contributed by atoms with Crippen LogP contribution in [0.2, 0.25) is 0 Å². The molecule has 1 aromatic carbocycles. The Morgan fingerprint density at radius 3 is 2.86 bits per heavy atom. The summed E-state index contributed by atoms with van der Waals surface area (Å²) in [6.45, 7) is 0.121. The highest BCUT2D eigenvalue weighted by Gasteiger charge is 2.22. The average molecular weight is 295 g/mol. The summed E-state index contributed by atoms with van der Waals surface area (Å²) in [4.78, 5) is 11.8. The molecule has 1 amide bonds. The Labute approximate surface area is 124 Å². The van der Waals surface area contributed by atoms with Gasteiger partial charge in [0.15, 0.2) is 11.6 Å². The fraction of sp³-hybridized carbons (Fsp3) is 0.562. The van der Waals surface area contributed by atoms with E-state index in [1.807, 2.05) is 0 Å². The Kier molecular flexibility index (Phi) is 5.99. The van der Waals surface area contributed by atoms with Crippen LogP contribution in [0, 0.1) is 5.82 Å². The Balaban J connectivity index is 1.73. The zero-order valence-electron chi connectivity index (χ0n) is 12.1. The van der Waals surface area contributed by atoms with Crippen molar-refractivity contribution in [1.82, 2.24) is 5.32 Å². The zero-order chi connectivity index (χ0) is 15.1. The smallest absolute Gasteiger partial charge is 0.223 e. The molecule has 2 N–H and O–H groups in total. The molecule has 0 radical (unpaired) electrons. The fourth-order valence-corrected chi connectivity index (χ4v) is 2.55. The van der Waals surface area contributed by atoms with Crippen molar-refractivity contribution in [3.63, 3.8) is 0 Å². The normalized spacial score (nSPS) is 22.4. The molecular weight excluding hydrogens is 273 g/mol. The third-order valence-corrected chi connectivity index (χ3v) is 3.75. The van der Waals surface area contributed by atoms with Gasteiger partial charge in [-0.25, -0.2) is 4.39 Å². The predicted octanol–water partition coefficient (Wildman–Crippen LogP) is 2.40. The average Bonchev–Trinajstić information content (AvgIpc) is 2.66. The molecule has 5 heteroatoms. The van der Waals surface area contributed by atoms with Crippen molar-refractivity contribution >= 4 is 5.91 Å². The molecule has 2 unspecified atom stereocenters. The maximum absolute atomic E-state index is 13.3. The number of amides is 1. The number of ether oxygens (including phenoxy) is 1. The lowest BCUT2D eigenvalue weighted by Gasteiger charge is -2.21. The molecule has 0 aromatic heterocycles. The molecule has 0 bridgehead atoms. The predicted molar refractivity (Wildman–Crippen MR) is 77.5 cm³/mol. The Hall–Kier alpha value is -1.62. The van der Waals surface area contributed by atoms with Crippen LogP contribution in [-0.4, -0.2) is 29.8 Å². The molecule has 0 aliphatic heterocycles. The van der Waals surface area contributed by atoms with Crippen LogP contribution in [0.3, 0.4) is 0 Å². The van der Waals surface area contributed by atoms with Gasteiger partial charge in [0, 0.05) is 0 Å². The van der Waals surface area contributed by atoms with Gasteiger partial charge in [-0.15, -0.1) is 0 Å². The van der Waals surface area contributed by atoms with E-state index in [9.17, 15) is 14.3 Å². The summed E-state index contributed by atoms with van der Waals surface area (Å²) in [6.07, 6.45) is 4.34. The summed E-state index contributed by atoms with van der Waals surface area (Å²) in [5.41, 5.74) is 0. The van der Waals surface area contributed by atoms with Gasteiger partial charge < -0.3 is 15.2 Å². The number of rotatable bonds is 5. The standard InChI is InChI=1S/C16H22FNO3/c17-12-6-4-5-9-15(12)21-11-10-16(20)18-13-7-2-1-3-8-14(13)19/h4-6,9,13-14,19H,1-3,7-8,10-11H2,(H,18,20). The lowest BCUT2D eigenvalue weighted by molar-refractivity contribution is -0.123. The summed E-state index contributed by atoms with van der Waals surface area (Å²) in [6, 6.07) is 5.94. The Morgan fingerprint density at radius 2 is 2.05 bits per heavy atom. The highest BCUT2D eigenvalue weighted by Crippen LogP contribution is 2.18. The molecule has 0 saturated heterocycles. The van der Waals surface area contributed by atoms with Crippen molar-refractivity contribution in [2.45, 2.75) is 50.7 Å². The van der Waals surface area contributed by atoms with Crippen LogP contribution < -0.4 is 10.1 Å². The first-order valence-electron chi connectivity index (χ1n) is 7.51. The van der Waals surface area contributed by atoms with E-state index in [2.05, 4.69) is 5.32 Å². The number of hydrogen-bond acceptors (Lipinski definition) is 3.